The lowest BCUT2D eigenvalue weighted by Crippen LogP contribution is -2.19. The summed E-state index contributed by atoms with van der Waals surface area (Å²) in [6.45, 7) is 0. The van der Waals surface area contributed by atoms with E-state index in [2.05, 4.69) is 25.8 Å². The van der Waals surface area contributed by atoms with E-state index in [9.17, 15) is 13.2 Å². The topological polar surface area (TPSA) is 62.7 Å². The lowest BCUT2D eigenvalue weighted by Gasteiger charge is -2.17. The summed E-state index contributed by atoms with van der Waals surface area (Å²) in [6, 6.07) is 3.79. The highest BCUT2D eigenvalue weighted by atomic mass is 35.5. The molecule has 1 aliphatic carbocycles. The normalized spacial score (nSPS) is 16.2. The number of hydrogen-bond acceptors (Lipinski definition) is 5. The zero-order valence-electron chi connectivity index (χ0n) is 14.0. The van der Waals surface area contributed by atoms with Crippen molar-refractivity contribution >= 4 is 29.1 Å². The largest absolute Gasteiger partial charge is 0.418 e. The van der Waals surface area contributed by atoms with Crippen molar-refractivity contribution in [1.29, 1.82) is 0 Å². The lowest BCUT2D eigenvalue weighted by molar-refractivity contribution is -0.136. The second-order valence-electron chi connectivity index (χ2n) is 6.31. The molecule has 9 heteroatoms. The zero-order chi connectivity index (χ0) is 18.6. The highest BCUT2D eigenvalue weighted by Gasteiger charge is 2.34. The van der Waals surface area contributed by atoms with Gasteiger partial charge < -0.3 is 10.6 Å². The van der Waals surface area contributed by atoms with E-state index >= 15 is 0 Å². The van der Waals surface area contributed by atoms with Crippen LogP contribution >= 0.6 is 11.6 Å². The number of halogens is 4. The highest BCUT2D eigenvalue weighted by Crippen LogP contribution is 2.37. The van der Waals surface area contributed by atoms with Crippen LogP contribution < -0.4 is 10.6 Å². The van der Waals surface area contributed by atoms with Crippen LogP contribution in [0.3, 0.4) is 0 Å². The van der Waals surface area contributed by atoms with Gasteiger partial charge in [-0.25, -0.2) is 0 Å². The third kappa shape index (κ3) is 4.97. The molecule has 0 amide bonds. The molecule has 1 aromatic carbocycles. The molecule has 26 heavy (non-hydrogen) atoms. The molecule has 1 aromatic heterocycles. The first kappa shape index (κ1) is 18.7. The summed E-state index contributed by atoms with van der Waals surface area (Å²) in [7, 11) is 0. The van der Waals surface area contributed by atoms with E-state index in [0.29, 0.717) is 11.9 Å². The van der Waals surface area contributed by atoms with Crippen molar-refractivity contribution < 1.29 is 13.2 Å². The molecule has 1 fully saturated rings. The summed E-state index contributed by atoms with van der Waals surface area (Å²) in [5, 5.41) is 13.5. The summed E-state index contributed by atoms with van der Waals surface area (Å²) in [4.78, 5) is 4.24. The van der Waals surface area contributed by atoms with Gasteiger partial charge in [0.2, 0.25) is 5.95 Å². The third-order valence-electron chi connectivity index (χ3n) is 4.30. The Kier molecular flexibility index (Phi) is 5.80. The molecule has 0 bridgehead atoms. The minimum atomic E-state index is -4.54. The van der Waals surface area contributed by atoms with Gasteiger partial charge in [0.05, 0.1) is 17.4 Å². The van der Waals surface area contributed by atoms with Gasteiger partial charge in [-0.15, -0.1) is 5.10 Å². The van der Waals surface area contributed by atoms with E-state index in [4.69, 9.17) is 11.6 Å². The van der Waals surface area contributed by atoms with Crippen molar-refractivity contribution in [2.45, 2.75) is 50.7 Å². The van der Waals surface area contributed by atoms with E-state index in [1.54, 1.807) is 0 Å². The number of hydrogen-bond donors (Lipinski definition) is 2. The fourth-order valence-corrected chi connectivity index (χ4v) is 3.21. The summed E-state index contributed by atoms with van der Waals surface area (Å²) in [5.74, 6) is 0.494. The molecule has 0 spiro atoms. The van der Waals surface area contributed by atoms with Crippen molar-refractivity contribution in [1.82, 2.24) is 15.2 Å². The molecule has 0 unspecified atom stereocenters. The standard InChI is InChI=1S/C17H19ClF3N5/c18-11-7-8-14(13(9-11)17(19,20)21)24-16-25-15(10-22-26-16)23-12-5-3-1-2-4-6-12/h7-10,12H,1-6H2,(H2,23,24,25,26). The average Bonchev–Trinajstić information content (AvgIpc) is 2.85. The summed E-state index contributed by atoms with van der Waals surface area (Å²) >= 11 is 5.69. The molecular formula is C17H19ClF3N5. The molecule has 5 nitrogen and oxygen atoms in total. The molecule has 0 saturated heterocycles. The van der Waals surface area contributed by atoms with E-state index < -0.39 is 11.7 Å². The minimum absolute atomic E-state index is 0.00329. The first-order valence-electron chi connectivity index (χ1n) is 8.52. The van der Waals surface area contributed by atoms with Crippen molar-refractivity contribution in [2.24, 2.45) is 0 Å². The van der Waals surface area contributed by atoms with Crippen LogP contribution in [0.4, 0.5) is 30.6 Å². The van der Waals surface area contributed by atoms with Crippen LogP contribution in [0.15, 0.2) is 24.4 Å². The number of anilines is 3. The van der Waals surface area contributed by atoms with Gasteiger partial charge >= 0.3 is 6.18 Å². The molecule has 0 atom stereocenters. The van der Waals surface area contributed by atoms with Crippen molar-refractivity contribution in [3.8, 4) is 0 Å². The molecule has 1 aliphatic rings. The quantitative estimate of drug-likeness (QED) is 0.688. The van der Waals surface area contributed by atoms with Gasteiger partial charge in [-0.1, -0.05) is 37.3 Å². The fourth-order valence-electron chi connectivity index (χ4n) is 3.04. The fraction of sp³-hybridized carbons (Fsp3) is 0.471. The third-order valence-corrected chi connectivity index (χ3v) is 4.53. The van der Waals surface area contributed by atoms with Crippen molar-refractivity contribution in [3.63, 3.8) is 0 Å². The van der Waals surface area contributed by atoms with Gasteiger partial charge in [-0.05, 0) is 31.0 Å². The number of benzene rings is 1. The van der Waals surface area contributed by atoms with Crippen molar-refractivity contribution in [3.05, 3.63) is 35.0 Å². The number of nitrogens with zero attached hydrogens (tertiary/aromatic N) is 3. The molecule has 0 radical (unpaired) electrons. The summed E-state index contributed by atoms with van der Waals surface area (Å²) in [6.07, 6.45) is 3.78. The van der Waals surface area contributed by atoms with Gasteiger partial charge in [0.1, 0.15) is 0 Å². The predicted octanol–water partition coefficient (Wildman–Crippen LogP) is 5.42. The van der Waals surface area contributed by atoms with Crippen LogP contribution in [-0.4, -0.2) is 21.2 Å². The Bertz CT molecular complexity index is 745. The predicted molar refractivity (Wildman–Crippen MR) is 94.7 cm³/mol. The molecule has 2 N–H and O–H groups in total. The van der Waals surface area contributed by atoms with E-state index in [-0.39, 0.29) is 16.7 Å². The van der Waals surface area contributed by atoms with Gasteiger partial charge in [0.25, 0.3) is 0 Å². The molecule has 1 saturated carbocycles. The maximum atomic E-state index is 13.2. The molecule has 1 heterocycles. The second kappa shape index (κ2) is 8.07. The van der Waals surface area contributed by atoms with Gasteiger partial charge in [-0.2, -0.15) is 23.3 Å². The minimum Gasteiger partial charge on any atom is -0.366 e. The van der Waals surface area contributed by atoms with Crippen LogP contribution in [0.5, 0.6) is 0 Å². The Labute approximate surface area is 154 Å². The first-order chi connectivity index (χ1) is 12.4. The number of nitrogens with one attached hydrogen (secondary N) is 2. The maximum Gasteiger partial charge on any atom is 0.418 e. The Morgan fingerprint density at radius 3 is 2.50 bits per heavy atom. The Hall–Kier alpha value is -2.09. The van der Waals surface area contributed by atoms with Crippen LogP contribution in [0.25, 0.3) is 0 Å². The van der Waals surface area contributed by atoms with Crippen LogP contribution in [0.1, 0.15) is 44.1 Å². The monoisotopic (exact) mass is 385 g/mol. The molecule has 140 valence electrons. The SMILES string of the molecule is FC(F)(F)c1cc(Cl)ccc1Nc1nncc(NC2CCCCCC2)n1. The first-order valence-corrected chi connectivity index (χ1v) is 8.89. The smallest absolute Gasteiger partial charge is 0.366 e. The number of aromatic nitrogens is 3. The van der Waals surface area contributed by atoms with Crippen molar-refractivity contribution in [2.75, 3.05) is 10.6 Å². The van der Waals surface area contributed by atoms with Crippen LogP contribution in [0.2, 0.25) is 5.02 Å². The van der Waals surface area contributed by atoms with E-state index in [0.717, 1.165) is 31.7 Å². The molecule has 3 rings (SSSR count). The number of alkyl halides is 3. The Morgan fingerprint density at radius 2 is 1.81 bits per heavy atom. The van der Waals surface area contributed by atoms with Gasteiger partial charge in [0.15, 0.2) is 5.82 Å². The maximum absolute atomic E-state index is 13.2. The molecular weight excluding hydrogens is 367 g/mol. The average molecular weight is 386 g/mol. The van der Waals surface area contributed by atoms with Crippen LogP contribution in [-0.2, 0) is 6.18 Å². The lowest BCUT2D eigenvalue weighted by atomic mass is 10.1. The Balaban J connectivity index is 1.77. The number of rotatable bonds is 4. The van der Waals surface area contributed by atoms with E-state index in [1.807, 2.05) is 0 Å². The summed E-state index contributed by atoms with van der Waals surface area (Å²) < 4.78 is 39.6. The highest BCUT2D eigenvalue weighted by molar-refractivity contribution is 6.30. The second-order valence-corrected chi connectivity index (χ2v) is 6.75. The Morgan fingerprint density at radius 1 is 1.08 bits per heavy atom. The van der Waals surface area contributed by atoms with E-state index in [1.165, 1.54) is 31.2 Å². The molecule has 2 aromatic rings. The van der Waals surface area contributed by atoms with Gasteiger partial charge in [0, 0.05) is 11.1 Å². The molecule has 0 aliphatic heterocycles. The van der Waals surface area contributed by atoms with Crippen LogP contribution in [0, 0.1) is 0 Å². The summed E-state index contributed by atoms with van der Waals surface area (Å²) in [5.41, 5.74) is -1.05. The zero-order valence-corrected chi connectivity index (χ0v) is 14.7. The van der Waals surface area contributed by atoms with Gasteiger partial charge in [-0.3, -0.25) is 0 Å².